The molecule has 1 aliphatic carbocycles. The van der Waals surface area contributed by atoms with Crippen molar-refractivity contribution in [2.45, 2.75) is 137 Å². The molecular weight excluding hydrogens is 563 g/mol. The molecule has 1 heterocycles. The molecule has 3 aromatic rings. The van der Waals surface area contributed by atoms with Gasteiger partial charge < -0.3 is 4.90 Å². The summed E-state index contributed by atoms with van der Waals surface area (Å²) in [5, 5.41) is 0. The normalized spacial score (nSPS) is 18.1. The van der Waals surface area contributed by atoms with E-state index < -0.39 is 0 Å². The zero-order valence-electron chi connectivity index (χ0n) is 30.7. The van der Waals surface area contributed by atoms with Crippen molar-refractivity contribution in [1.82, 2.24) is 0 Å². The molecule has 0 saturated carbocycles. The van der Waals surface area contributed by atoms with Crippen molar-refractivity contribution in [3.05, 3.63) is 87.5 Å². The lowest BCUT2D eigenvalue weighted by molar-refractivity contribution is 0.505. The second-order valence-corrected chi connectivity index (χ2v) is 18.8. The summed E-state index contributed by atoms with van der Waals surface area (Å²) in [6.07, 6.45) is 5.03. The molecule has 2 heteroatoms. The monoisotopic (exact) mass is 621 g/mol. The molecule has 5 rings (SSSR count). The predicted octanol–water partition coefficient (Wildman–Crippen LogP) is 13.1. The quantitative estimate of drug-likeness (QED) is 0.285. The molecule has 0 aromatic heterocycles. The van der Waals surface area contributed by atoms with Crippen LogP contribution in [-0.2, 0) is 21.7 Å². The van der Waals surface area contributed by atoms with Crippen LogP contribution in [0.25, 0.3) is 22.3 Å². The Balaban J connectivity index is 1.86. The molecular formula is C43H59NS. The van der Waals surface area contributed by atoms with Gasteiger partial charge in [-0.1, -0.05) is 145 Å². The second kappa shape index (κ2) is 12.0. The van der Waals surface area contributed by atoms with Crippen molar-refractivity contribution in [2.24, 2.45) is 5.92 Å². The molecule has 1 nitrogen and oxygen atoms in total. The number of nitrogens with zero attached hydrogens (tertiary/aromatic N) is 1. The molecule has 45 heavy (non-hydrogen) atoms. The lowest BCUT2D eigenvalue weighted by Gasteiger charge is -2.32. The van der Waals surface area contributed by atoms with E-state index >= 15 is 0 Å². The first-order chi connectivity index (χ1) is 20.8. The van der Waals surface area contributed by atoms with Gasteiger partial charge in [0.1, 0.15) is 0 Å². The summed E-state index contributed by atoms with van der Waals surface area (Å²) in [5.41, 5.74) is 14.3. The molecule has 0 bridgehead atoms. The van der Waals surface area contributed by atoms with Crippen molar-refractivity contribution in [1.29, 1.82) is 0 Å². The highest BCUT2D eigenvalue weighted by molar-refractivity contribution is 8.03. The summed E-state index contributed by atoms with van der Waals surface area (Å²) in [7, 11) is 0. The number of anilines is 1. The molecule has 0 N–H and O–H groups in total. The number of benzene rings is 3. The van der Waals surface area contributed by atoms with Crippen molar-refractivity contribution in [2.75, 3.05) is 10.8 Å². The molecule has 0 radical (unpaired) electrons. The number of allylic oxidation sites excluding steroid dienone is 2. The summed E-state index contributed by atoms with van der Waals surface area (Å²) in [6, 6.07) is 21.9. The lowest BCUT2D eigenvalue weighted by Crippen LogP contribution is -2.22. The Hall–Kier alpha value is -2.45. The first kappa shape index (κ1) is 33.9. The highest BCUT2D eigenvalue weighted by atomic mass is 32.2. The first-order valence-corrected chi connectivity index (χ1v) is 18.4. The lowest BCUT2D eigenvalue weighted by atomic mass is 9.77. The fourth-order valence-electron chi connectivity index (χ4n) is 6.87. The van der Waals surface area contributed by atoms with Gasteiger partial charge >= 0.3 is 0 Å². The average Bonchev–Trinajstić information content (AvgIpc) is 3.38. The number of hydrogen-bond donors (Lipinski definition) is 0. The maximum atomic E-state index is 2.73. The Morgan fingerprint density at radius 2 is 1.07 bits per heavy atom. The van der Waals surface area contributed by atoms with Gasteiger partial charge in [-0.3, -0.25) is 0 Å². The largest absolute Gasteiger partial charge is 0.333 e. The summed E-state index contributed by atoms with van der Waals surface area (Å²) in [6.45, 7) is 30.6. The van der Waals surface area contributed by atoms with Crippen LogP contribution in [0.1, 0.15) is 138 Å². The molecule has 1 atom stereocenters. The maximum absolute atomic E-state index is 2.73. The predicted molar refractivity (Wildman–Crippen MR) is 202 cm³/mol. The van der Waals surface area contributed by atoms with E-state index in [1.54, 1.807) is 10.6 Å². The van der Waals surface area contributed by atoms with Crippen molar-refractivity contribution < 1.29 is 0 Å². The minimum absolute atomic E-state index is 0.0628. The fraction of sp³-hybridized carbons (Fsp3) is 0.535. The van der Waals surface area contributed by atoms with Crippen molar-refractivity contribution in [3.8, 4) is 22.3 Å². The van der Waals surface area contributed by atoms with Gasteiger partial charge in [0.05, 0.1) is 11.6 Å². The summed E-state index contributed by atoms with van der Waals surface area (Å²) in [4.78, 5) is 4.38. The molecule has 2 aliphatic rings. The van der Waals surface area contributed by atoms with Crippen LogP contribution in [0, 0.1) is 5.92 Å². The van der Waals surface area contributed by atoms with Crippen LogP contribution < -0.4 is 4.90 Å². The van der Waals surface area contributed by atoms with Crippen LogP contribution in [0.15, 0.2) is 65.2 Å². The average molecular weight is 622 g/mol. The fourth-order valence-corrected chi connectivity index (χ4v) is 8.33. The van der Waals surface area contributed by atoms with Crippen LogP contribution in [-0.4, -0.2) is 5.88 Å². The second-order valence-electron chi connectivity index (χ2n) is 17.8. The van der Waals surface area contributed by atoms with Crippen LogP contribution in [0.4, 0.5) is 5.69 Å². The van der Waals surface area contributed by atoms with Crippen molar-refractivity contribution >= 4 is 17.4 Å². The zero-order valence-corrected chi connectivity index (χ0v) is 31.5. The minimum Gasteiger partial charge on any atom is -0.333 e. The van der Waals surface area contributed by atoms with Crippen LogP contribution >= 0.6 is 11.8 Å². The van der Waals surface area contributed by atoms with E-state index in [2.05, 4.69) is 161 Å². The van der Waals surface area contributed by atoms with E-state index in [1.807, 2.05) is 0 Å². The highest BCUT2D eigenvalue weighted by Gasteiger charge is 2.34. The molecule has 1 aliphatic heterocycles. The molecule has 0 saturated heterocycles. The van der Waals surface area contributed by atoms with Crippen LogP contribution in [0.3, 0.4) is 0 Å². The SMILES string of the molecule is CCC1CCCC2=C1SCN2c1c(-c2cc(C(C)(C)C)cc(C(C)(C)C)c2)cccc1-c1cc(C(C)(C)C)cc(C(C)(C)C)c1. The number of para-hydroxylation sites is 1. The first-order valence-electron chi connectivity index (χ1n) is 17.4. The molecule has 0 amide bonds. The third-order valence-corrected chi connectivity index (χ3v) is 11.3. The van der Waals surface area contributed by atoms with Gasteiger partial charge in [0.2, 0.25) is 0 Å². The third-order valence-electron chi connectivity index (χ3n) is 10.0. The van der Waals surface area contributed by atoms with Gasteiger partial charge in [-0.05, 0) is 86.6 Å². The van der Waals surface area contributed by atoms with E-state index in [9.17, 15) is 0 Å². The van der Waals surface area contributed by atoms with E-state index in [0.29, 0.717) is 5.92 Å². The van der Waals surface area contributed by atoms with E-state index in [1.165, 1.54) is 75.9 Å². The summed E-state index contributed by atoms with van der Waals surface area (Å²) >= 11 is 2.10. The Morgan fingerprint density at radius 1 is 0.644 bits per heavy atom. The number of thioether (sulfide) groups is 1. The zero-order chi connectivity index (χ0) is 33.1. The molecule has 3 aromatic carbocycles. The van der Waals surface area contributed by atoms with Gasteiger partial charge in [0.25, 0.3) is 0 Å². The minimum atomic E-state index is 0.0628. The van der Waals surface area contributed by atoms with E-state index in [4.69, 9.17) is 0 Å². The standard InChI is InChI=1S/C43H59NS/c1-14-28-17-15-20-37-39(28)45-27-44(37)38-35(29-21-31(40(2,3)4)25-32(22-29)41(5,6)7)18-16-19-36(38)30-23-33(42(8,9)10)26-34(24-30)43(11,12)13/h16,18-19,21-26,28H,14-15,17,20,27H2,1-13H3. The topological polar surface area (TPSA) is 3.24 Å². The van der Waals surface area contributed by atoms with Gasteiger partial charge in [0, 0.05) is 21.7 Å². The third kappa shape index (κ3) is 6.97. The maximum Gasteiger partial charge on any atom is 0.0729 e. The number of rotatable bonds is 4. The molecule has 1 unspecified atom stereocenters. The van der Waals surface area contributed by atoms with Crippen LogP contribution in [0.5, 0.6) is 0 Å². The smallest absolute Gasteiger partial charge is 0.0729 e. The van der Waals surface area contributed by atoms with Gasteiger partial charge in [-0.25, -0.2) is 0 Å². The van der Waals surface area contributed by atoms with Gasteiger partial charge in [0.15, 0.2) is 0 Å². The Labute approximate surface area is 280 Å². The van der Waals surface area contributed by atoms with E-state index in [-0.39, 0.29) is 21.7 Å². The molecule has 0 spiro atoms. The molecule has 242 valence electrons. The van der Waals surface area contributed by atoms with Gasteiger partial charge in [-0.2, -0.15) is 0 Å². The van der Waals surface area contributed by atoms with Crippen LogP contribution in [0.2, 0.25) is 0 Å². The summed E-state index contributed by atoms with van der Waals surface area (Å²) < 4.78 is 0. The Kier molecular flexibility index (Phi) is 9.02. The molecule has 0 fully saturated rings. The highest BCUT2D eigenvalue weighted by Crippen LogP contribution is 2.52. The van der Waals surface area contributed by atoms with E-state index in [0.717, 1.165) is 5.88 Å². The van der Waals surface area contributed by atoms with Crippen molar-refractivity contribution in [3.63, 3.8) is 0 Å². The Morgan fingerprint density at radius 3 is 1.44 bits per heavy atom. The summed E-state index contributed by atoms with van der Waals surface area (Å²) in [5.74, 6) is 1.70. The number of hydrogen-bond acceptors (Lipinski definition) is 2. The van der Waals surface area contributed by atoms with Gasteiger partial charge in [-0.15, -0.1) is 11.8 Å². The Bertz CT molecular complexity index is 1430.